The minimum Gasteiger partial charge on any atom is -0.0859 e. The lowest BCUT2D eigenvalue weighted by atomic mass is 9.84. The summed E-state index contributed by atoms with van der Waals surface area (Å²) in [5.74, 6) is 1.87. The van der Waals surface area contributed by atoms with E-state index in [1.54, 1.807) is 5.57 Å². The first-order valence-electron chi connectivity index (χ1n) is 6.36. The van der Waals surface area contributed by atoms with E-state index in [1.807, 2.05) is 0 Å². The Morgan fingerprint density at radius 2 is 2.33 bits per heavy atom. The molecule has 1 fully saturated rings. The molecule has 3 atom stereocenters. The van der Waals surface area contributed by atoms with Crippen LogP contribution in [0.1, 0.15) is 53.4 Å². The Balaban J connectivity index is 1.84. The van der Waals surface area contributed by atoms with Crippen molar-refractivity contribution in [2.24, 2.45) is 17.3 Å². The normalized spacial score (nSPS) is 34.4. The molecule has 0 heterocycles. The number of hydrogen-bond donors (Lipinski definition) is 0. The zero-order chi connectivity index (χ0) is 11.1. The number of fused-ring (bicyclic) bond motifs is 1. The van der Waals surface area contributed by atoms with Gasteiger partial charge in [0.15, 0.2) is 0 Å². The molecule has 0 aromatic rings. The second-order valence-electron chi connectivity index (χ2n) is 5.90. The van der Waals surface area contributed by atoms with E-state index in [0.29, 0.717) is 5.41 Å². The monoisotopic (exact) mass is 204 g/mol. The highest BCUT2D eigenvalue weighted by atomic mass is 14.6. The molecule has 0 amide bonds. The highest BCUT2D eigenvalue weighted by molar-refractivity contribution is 5.29. The van der Waals surface area contributed by atoms with Crippen LogP contribution in [0.3, 0.4) is 0 Å². The van der Waals surface area contributed by atoms with Crippen molar-refractivity contribution < 1.29 is 0 Å². The molecule has 0 nitrogen and oxygen atoms in total. The van der Waals surface area contributed by atoms with Crippen molar-refractivity contribution in [2.45, 2.75) is 53.4 Å². The summed E-state index contributed by atoms with van der Waals surface area (Å²) in [6.45, 7) is 9.18. The van der Waals surface area contributed by atoms with Crippen LogP contribution >= 0.6 is 0 Å². The van der Waals surface area contributed by atoms with E-state index >= 15 is 0 Å². The summed E-state index contributed by atoms with van der Waals surface area (Å²) in [5, 5.41) is 0. The molecule has 0 radical (unpaired) electrons. The lowest BCUT2D eigenvalue weighted by Crippen LogP contribution is -2.12. The largest absolute Gasteiger partial charge is 0.0859 e. The van der Waals surface area contributed by atoms with E-state index in [-0.39, 0.29) is 0 Å². The van der Waals surface area contributed by atoms with Gasteiger partial charge >= 0.3 is 0 Å². The van der Waals surface area contributed by atoms with Gasteiger partial charge in [0, 0.05) is 0 Å². The van der Waals surface area contributed by atoms with Crippen molar-refractivity contribution in [1.82, 2.24) is 0 Å². The van der Waals surface area contributed by atoms with E-state index in [0.717, 1.165) is 11.8 Å². The maximum Gasteiger partial charge on any atom is -0.0138 e. The number of allylic oxidation sites excluding steroid dienone is 4. The van der Waals surface area contributed by atoms with Crippen molar-refractivity contribution in [3.05, 3.63) is 23.3 Å². The Bertz CT molecular complexity index is 304. The molecule has 0 unspecified atom stereocenters. The first kappa shape index (κ1) is 11.0. The summed E-state index contributed by atoms with van der Waals surface area (Å²) >= 11 is 0. The molecule has 0 bridgehead atoms. The van der Waals surface area contributed by atoms with Crippen molar-refractivity contribution in [3.63, 3.8) is 0 Å². The smallest absolute Gasteiger partial charge is 0.0138 e. The third-order valence-electron chi connectivity index (χ3n) is 4.61. The second-order valence-corrected chi connectivity index (χ2v) is 5.90. The molecule has 2 rings (SSSR count). The van der Waals surface area contributed by atoms with Crippen molar-refractivity contribution in [2.75, 3.05) is 0 Å². The third kappa shape index (κ3) is 1.91. The Hall–Kier alpha value is -0.520. The van der Waals surface area contributed by atoms with Gasteiger partial charge in [0.05, 0.1) is 0 Å². The molecule has 0 spiro atoms. The predicted octanol–water partition coefficient (Wildman–Crippen LogP) is 4.73. The summed E-state index contributed by atoms with van der Waals surface area (Å²) < 4.78 is 0. The van der Waals surface area contributed by atoms with Crippen LogP contribution in [-0.2, 0) is 0 Å². The minimum atomic E-state index is 0.708. The molecule has 0 N–H and O–H groups in total. The fourth-order valence-electron chi connectivity index (χ4n) is 3.31. The van der Waals surface area contributed by atoms with Crippen LogP contribution in [0.5, 0.6) is 0 Å². The van der Waals surface area contributed by atoms with Crippen LogP contribution in [0.25, 0.3) is 0 Å². The van der Waals surface area contributed by atoms with Gasteiger partial charge in [0.25, 0.3) is 0 Å². The molecule has 2 aliphatic rings. The van der Waals surface area contributed by atoms with Crippen molar-refractivity contribution in [1.29, 1.82) is 0 Å². The number of rotatable bonds is 4. The van der Waals surface area contributed by atoms with E-state index < -0.39 is 0 Å². The lowest BCUT2D eigenvalue weighted by molar-refractivity contribution is 0.309. The summed E-state index contributed by atoms with van der Waals surface area (Å²) in [6.07, 6.45) is 10.4. The fourth-order valence-corrected chi connectivity index (χ4v) is 3.31. The Morgan fingerprint density at radius 1 is 1.60 bits per heavy atom. The standard InChI is InChI=1S/C15H24/c1-11(2)6-5-7-13(4)15-9-8-12(3)14(15)10-15/h6,8,13-14H,5,7,9-10H2,1-4H3/t13-,14+,15+/m1/s1. The average molecular weight is 204 g/mol. The van der Waals surface area contributed by atoms with Crippen LogP contribution in [-0.4, -0.2) is 0 Å². The minimum absolute atomic E-state index is 0.708. The summed E-state index contributed by atoms with van der Waals surface area (Å²) in [5.41, 5.74) is 3.84. The third-order valence-corrected chi connectivity index (χ3v) is 4.61. The summed E-state index contributed by atoms with van der Waals surface area (Å²) in [7, 11) is 0. The first-order valence-corrected chi connectivity index (χ1v) is 6.36. The van der Waals surface area contributed by atoms with E-state index in [4.69, 9.17) is 0 Å². The lowest BCUT2D eigenvalue weighted by Gasteiger charge is -2.20. The molecule has 0 aliphatic heterocycles. The Labute approximate surface area is 94.5 Å². The van der Waals surface area contributed by atoms with E-state index in [9.17, 15) is 0 Å². The van der Waals surface area contributed by atoms with Gasteiger partial charge in [-0.3, -0.25) is 0 Å². The SMILES string of the molecule is CC(C)=CCC[C@@H](C)[C@@]12CC=C(C)[C@@H]1C2. The van der Waals surface area contributed by atoms with Gasteiger partial charge in [0.1, 0.15) is 0 Å². The predicted molar refractivity (Wildman–Crippen MR) is 66.7 cm³/mol. The maximum absolute atomic E-state index is 2.48. The Kier molecular flexibility index (Phi) is 2.79. The molecule has 0 heteroatoms. The Morgan fingerprint density at radius 3 is 2.80 bits per heavy atom. The first-order chi connectivity index (χ1) is 7.06. The molecular formula is C15H24. The van der Waals surface area contributed by atoms with Crippen LogP contribution in [0, 0.1) is 17.3 Å². The zero-order valence-corrected chi connectivity index (χ0v) is 10.6. The molecule has 0 aromatic heterocycles. The molecule has 84 valence electrons. The molecule has 1 saturated carbocycles. The molecular weight excluding hydrogens is 180 g/mol. The van der Waals surface area contributed by atoms with Gasteiger partial charge in [-0.1, -0.05) is 30.2 Å². The fraction of sp³-hybridized carbons (Fsp3) is 0.733. The number of hydrogen-bond acceptors (Lipinski definition) is 0. The van der Waals surface area contributed by atoms with Gasteiger partial charge < -0.3 is 0 Å². The maximum atomic E-state index is 2.48. The van der Waals surface area contributed by atoms with Crippen molar-refractivity contribution in [3.8, 4) is 0 Å². The van der Waals surface area contributed by atoms with Crippen LogP contribution in [0.4, 0.5) is 0 Å². The quantitative estimate of drug-likeness (QED) is 0.581. The van der Waals surface area contributed by atoms with Crippen LogP contribution < -0.4 is 0 Å². The topological polar surface area (TPSA) is 0 Å². The molecule has 0 aromatic carbocycles. The molecule has 15 heavy (non-hydrogen) atoms. The van der Waals surface area contributed by atoms with Crippen LogP contribution in [0.2, 0.25) is 0 Å². The van der Waals surface area contributed by atoms with Gasteiger partial charge in [-0.15, -0.1) is 0 Å². The highest BCUT2D eigenvalue weighted by Crippen LogP contribution is 2.67. The summed E-state index contributed by atoms with van der Waals surface area (Å²) in [4.78, 5) is 0. The molecule has 0 saturated heterocycles. The van der Waals surface area contributed by atoms with Gasteiger partial charge in [-0.05, 0) is 63.7 Å². The van der Waals surface area contributed by atoms with Gasteiger partial charge in [-0.25, -0.2) is 0 Å². The average Bonchev–Trinajstić information content (AvgIpc) is 2.82. The van der Waals surface area contributed by atoms with E-state index in [2.05, 4.69) is 39.8 Å². The van der Waals surface area contributed by atoms with Crippen molar-refractivity contribution >= 4 is 0 Å². The highest BCUT2D eigenvalue weighted by Gasteiger charge is 2.59. The zero-order valence-electron chi connectivity index (χ0n) is 10.6. The molecule has 2 aliphatic carbocycles. The second kappa shape index (κ2) is 3.81. The van der Waals surface area contributed by atoms with Gasteiger partial charge in [-0.2, -0.15) is 0 Å². The van der Waals surface area contributed by atoms with Gasteiger partial charge in [0.2, 0.25) is 0 Å². The van der Waals surface area contributed by atoms with Crippen LogP contribution in [0.15, 0.2) is 23.3 Å². The van der Waals surface area contributed by atoms with E-state index in [1.165, 1.54) is 31.3 Å². The summed E-state index contributed by atoms with van der Waals surface area (Å²) in [6, 6.07) is 0.